The molecule has 3 nitrogen and oxygen atoms in total. The lowest BCUT2D eigenvalue weighted by molar-refractivity contribution is 0.471. The van der Waals surface area contributed by atoms with E-state index in [0.717, 1.165) is 28.3 Å². The van der Waals surface area contributed by atoms with Gasteiger partial charge in [-0.2, -0.15) is 0 Å². The Morgan fingerprint density at radius 3 is 2.67 bits per heavy atom. The van der Waals surface area contributed by atoms with Crippen molar-refractivity contribution in [1.29, 1.82) is 0 Å². The predicted molar refractivity (Wildman–Crippen MR) is 73.1 cm³/mol. The molecular weight excluding hydrogens is 248 g/mol. The van der Waals surface area contributed by atoms with Gasteiger partial charge in [0.05, 0.1) is 0 Å². The SMILES string of the molecule is Cc1cc(Oc2ccc(Cl)cc2C)c(CN)cn1. The standard InChI is InChI=1S/C14H15ClN2O/c1-9-5-12(15)3-4-13(9)18-14-6-10(2)17-8-11(14)7-16/h3-6,8H,7,16H2,1-2H3. The average molecular weight is 263 g/mol. The van der Waals surface area contributed by atoms with Crippen LogP contribution in [-0.2, 0) is 6.54 Å². The van der Waals surface area contributed by atoms with Gasteiger partial charge in [0.25, 0.3) is 0 Å². The summed E-state index contributed by atoms with van der Waals surface area (Å²) < 4.78 is 5.89. The molecule has 0 aliphatic carbocycles. The number of aryl methyl sites for hydroxylation is 2. The minimum atomic E-state index is 0.398. The molecule has 1 aromatic heterocycles. The molecule has 1 heterocycles. The van der Waals surface area contributed by atoms with Crippen molar-refractivity contribution in [2.24, 2.45) is 5.73 Å². The summed E-state index contributed by atoms with van der Waals surface area (Å²) in [4.78, 5) is 4.21. The van der Waals surface area contributed by atoms with Crippen LogP contribution < -0.4 is 10.5 Å². The molecule has 0 saturated heterocycles. The summed E-state index contributed by atoms with van der Waals surface area (Å²) in [6.45, 7) is 4.27. The van der Waals surface area contributed by atoms with E-state index in [0.29, 0.717) is 11.6 Å². The fraction of sp³-hybridized carbons (Fsp3) is 0.214. The first kappa shape index (κ1) is 12.9. The Balaban J connectivity index is 2.36. The molecule has 0 amide bonds. The van der Waals surface area contributed by atoms with Gasteiger partial charge in [-0.1, -0.05) is 11.6 Å². The van der Waals surface area contributed by atoms with E-state index in [-0.39, 0.29) is 0 Å². The van der Waals surface area contributed by atoms with Gasteiger partial charge in [-0.15, -0.1) is 0 Å². The van der Waals surface area contributed by atoms with Crippen LogP contribution >= 0.6 is 11.6 Å². The van der Waals surface area contributed by atoms with Gasteiger partial charge < -0.3 is 10.5 Å². The van der Waals surface area contributed by atoms with Gasteiger partial charge in [-0.25, -0.2) is 0 Å². The number of nitrogens with zero attached hydrogens (tertiary/aromatic N) is 1. The van der Waals surface area contributed by atoms with E-state index in [1.54, 1.807) is 12.3 Å². The lowest BCUT2D eigenvalue weighted by Crippen LogP contribution is -2.01. The van der Waals surface area contributed by atoms with Gasteiger partial charge in [-0.3, -0.25) is 4.98 Å². The van der Waals surface area contributed by atoms with Crippen molar-refractivity contribution in [3.63, 3.8) is 0 Å². The maximum Gasteiger partial charge on any atom is 0.135 e. The van der Waals surface area contributed by atoms with Crippen molar-refractivity contribution in [2.45, 2.75) is 20.4 Å². The molecule has 0 unspecified atom stereocenters. The third-order valence-electron chi connectivity index (χ3n) is 2.66. The fourth-order valence-corrected chi connectivity index (χ4v) is 1.88. The Labute approximate surface area is 112 Å². The Hall–Kier alpha value is -1.58. The fourth-order valence-electron chi connectivity index (χ4n) is 1.66. The number of aromatic nitrogens is 1. The number of hydrogen-bond donors (Lipinski definition) is 1. The monoisotopic (exact) mass is 262 g/mol. The summed E-state index contributed by atoms with van der Waals surface area (Å²) in [6, 6.07) is 7.41. The zero-order valence-electron chi connectivity index (χ0n) is 10.4. The molecule has 0 saturated carbocycles. The smallest absolute Gasteiger partial charge is 0.135 e. The van der Waals surface area contributed by atoms with Crippen molar-refractivity contribution < 1.29 is 4.74 Å². The van der Waals surface area contributed by atoms with Gasteiger partial charge in [0.2, 0.25) is 0 Å². The third kappa shape index (κ3) is 2.81. The molecule has 0 aliphatic rings. The highest BCUT2D eigenvalue weighted by atomic mass is 35.5. The van der Waals surface area contributed by atoms with E-state index in [1.807, 2.05) is 32.0 Å². The molecule has 0 radical (unpaired) electrons. The van der Waals surface area contributed by atoms with Crippen molar-refractivity contribution in [2.75, 3.05) is 0 Å². The van der Waals surface area contributed by atoms with Gasteiger partial charge >= 0.3 is 0 Å². The summed E-state index contributed by atoms with van der Waals surface area (Å²) in [6.07, 6.45) is 1.75. The summed E-state index contributed by atoms with van der Waals surface area (Å²) in [5.41, 5.74) is 8.44. The maximum absolute atomic E-state index is 5.92. The Morgan fingerprint density at radius 2 is 2.00 bits per heavy atom. The minimum Gasteiger partial charge on any atom is -0.457 e. The molecule has 0 spiro atoms. The zero-order valence-corrected chi connectivity index (χ0v) is 11.2. The van der Waals surface area contributed by atoms with Gasteiger partial charge in [0.1, 0.15) is 11.5 Å². The van der Waals surface area contributed by atoms with Crippen LogP contribution in [0, 0.1) is 13.8 Å². The van der Waals surface area contributed by atoms with Crippen LogP contribution in [0.4, 0.5) is 0 Å². The second-order valence-electron chi connectivity index (χ2n) is 4.15. The van der Waals surface area contributed by atoms with Crippen LogP contribution in [0.3, 0.4) is 0 Å². The van der Waals surface area contributed by atoms with Crippen molar-refractivity contribution in [3.05, 3.63) is 52.3 Å². The van der Waals surface area contributed by atoms with Crippen LogP contribution in [0.25, 0.3) is 0 Å². The lowest BCUT2D eigenvalue weighted by atomic mass is 10.2. The van der Waals surface area contributed by atoms with Crippen molar-refractivity contribution in [1.82, 2.24) is 4.98 Å². The number of nitrogens with two attached hydrogens (primary N) is 1. The molecular formula is C14H15ClN2O. The minimum absolute atomic E-state index is 0.398. The Kier molecular flexibility index (Phi) is 3.84. The summed E-state index contributed by atoms with van der Waals surface area (Å²) in [5, 5.41) is 0.699. The molecule has 0 bridgehead atoms. The second kappa shape index (κ2) is 5.38. The number of pyridine rings is 1. The first-order valence-electron chi connectivity index (χ1n) is 5.69. The number of halogens is 1. The van der Waals surface area contributed by atoms with Crippen molar-refractivity contribution in [3.8, 4) is 11.5 Å². The van der Waals surface area contributed by atoms with E-state index in [1.165, 1.54) is 0 Å². The summed E-state index contributed by atoms with van der Waals surface area (Å²) >= 11 is 5.92. The van der Waals surface area contributed by atoms with Crippen LogP contribution in [0.2, 0.25) is 5.02 Å². The van der Waals surface area contributed by atoms with Crippen LogP contribution in [0.1, 0.15) is 16.8 Å². The lowest BCUT2D eigenvalue weighted by Gasteiger charge is -2.12. The highest BCUT2D eigenvalue weighted by Crippen LogP contribution is 2.29. The Morgan fingerprint density at radius 1 is 1.22 bits per heavy atom. The number of benzene rings is 1. The van der Waals surface area contributed by atoms with Crippen LogP contribution in [0.15, 0.2) is 30.5 Å². The number of hydrogen-bond acceptors (Lipinski definition) is 3. The summed E-state index contributed by atoms with van der Waals surface area (Å²) in [7, 11) is 0. The largest absolute Gasteiger partial charge is 0.457 e. The molecule has 0 fully saturated rings. The quantitative estimate of drug-likeness (QED) is 0.919. The van der Waals surface area contributed by atoms with Gasteiger partial charge in [0, 0.05) is 35.1 Å². The first-order valence-corrected chi connectivity index (χ1v) is 6.07. The molecule has 0 aliphatic heterocycles. The van der Waals surface area contributed by atoms with Crippen LogP contribution in [-0.4, -0.2) is 4.98 Å². The van der Waals surface area contributed by atoms with E-state index in [9.17, 15) is 0 Å². The van der Waals surface area contributed by atoms with E-state index in [2.05, 4.69) is 4.98 Å². The summed E-state index contributed by atoms with van der Waals surface area (Å²) in [5.74, 6) is 1.52. The number of rotatable bonds is 3. The van der Waals surface area contributed by atoms with Crippen molar-refractivity contribution >= 4 is 11.6 Å². The van der Waals surface area contributed by atoms with Gasteiger partial charge in [-0.05, 0) is 37.6 Å². The normalized spacial score (nSPS) is 10.4. The third-order valence-corrected chi connectivity index (χ3v) is 2.89. The molecule has 94 valence electrons. The van der Waals surface area contributed by atoms with Gasteiger partial charge in [0.15, 0.2) is 0 Å². The molecule has 0 atom stereocenters. The molecule has 2 aromatic rings. The molecule has 1 aromatic carbocycles. The topological polar surface area (TPSA) is 48.1 Å². The average Bonchev–Trinajstić information content (AvgIpc) is 2.33. The zero-order chi connectivity index (χ0) is 13.1. The van der Waals surface area contributed by atoms with E-state index in [4.69, 9.17) is 22.1 Å². The second-order valence-corrected chi connectivity index (χ2v) is 4.59. The highest BCUT2D eigenvalue weighted by molar-refractivity contribution is 6.30. The van der Waals surface area contributed by atoms with E-state index >= 15 is 0 Å². The van der Waals surface area contributed by atoms with Crippen LogP contribution in [0.5, 0.6) is 11.5 Å². The number of ether oxygens (including phenoxy) is 1. The molecule has 2 N–H and O–H groups in total. The predicted octanol–water partition coefficient (Wildman–Crippen LogP) is 3.60. The molecule has 18 heavy (non-hydrogen) atoms. The first-order chi connectivity index (χ1) is 8.60. The maximum atomic E-state index is 5.92. The highest BCUT2D eigenvalue weighted by Gasteiger charge is 2.07. The molecule has 2 rings (SSSR count). The Bertz CT molecular complexity index is 570. The molecule has 4 heteroatoms. The van der Waals surface area contributed by atoms with E-state index < -0.39 is 0 Å².